The van der Waals surface area contributed by atoms with Crippen molar-refractivity contribution in [2.24, 2.45) is 0 Å². The van der Waals surface area contributed by atoms with Crippen molar-refractivity contribution in [2.45, 2.75) is 37.8 Å². The third kappa shape index (κ3) is 2.59. The molecule has 3 nitrogen and oxygen atoms in total. The third-order valence-electron chi connectivity index (χ3n) is 4.17. The van der Waals surface area contributed by atoms with Gasteiger partial charge in [-0.1, -0.05) is 18.2 Å². The van der Waals surface area contributed by atoms with E-state index in [1.165, 1.54) is 5.56 Å². The van der Waals surface area contributed by atoms with Crippen molar-refractivity contribution in [1.82, 2.24) is 5.32 Å². The SMILES string of the molecule is COc1ccccc1C1CC(NC(C)c2ccco2)C1. The number of hydrogen-bond donors (Lipinski definition) is 1. The second-order valence-corrected chi connectivity index (χ2v) is 5.51. The average Bonchev–Trinajstić information content (AvgIpc) is 2.96. The Labute approximate surface area is 119 Å². The Hall–Kier alpha value is -1.74. The summed E-state index contributed by atoms with van der Waals surface area (Å²) in [5, 5.41) is 3.62. The lowest BCUT2D eigenvalue weighted by Gasteiger charge is -2.38. The van der Waals surface area contributed by atoms with Gasteiger partial charge in [0.25, 0.3) is 0 Å². The van der Waals surface area contributed by atoms with Gasteiger partial charge in [-0.15, -0.1) is 0 Å². The van der Waals surface area contributed by atoms with E-state index in [-0.39, 0.29) is 6.04 Å². The van der Waals surface area contributed by atoms with Gasteiger partial charge in [0, 0.05) is 6.04 Å². The van der Waals surface area contributed by atoms with Gasteiger partial charge in [0.2, 0.25) is 0 Å². The van der Waals surface area contributed by atoms with Gasteiger partial charge in [-0.3, -0.25) is 0 Å². The first-order valence-corrected chi connectivity index (χ1v) is 7.20. The Morgan fingerprint density at radius 3 is 2.70 bits per heavy atom. The molecule has 20 heavy (non-hydrogen) atoms. The Morgan fingerprint density at radius 1 is 1.20 bits per heavy atom. The fraction of sp³-hybridized carbons (Fsp3) is 0.412. The normalized spacial score (nSPS) is 23.1. The van der Waals surface area contributed by atoms with Crippen molar-refractivity contribution >= 4 is 0 Å². The van der Waals surface area contributed by atoms with Crippen LogP contribution in [0.4, 0.5) is 0 Å². The predicted molar refractivity (Wildman–Crippen MR) is 79.0 cm³/mol. The molecule has 1 N–H and O–H groups in total. The summed E-state index contributed by atoms with van der Waals surface area (Å²) in [6.07, 6.45) is 4.04. The number of nitrogens with one attached hydrogen (secondary N) is 1. The lowest BCUT2D eigenvalue weighted by molar-refractivity contribution is 0.254. The zero-order valence-corrected chi connectivity index (χ0v) is 12.0. The number of methoxy groups -OCH3 is 1. The molecule has 0 radical (unpaired) electrons. The van der Waals surface area contributed by atoms with Crippen LogP contribution in [0.3, 0.4) is 0 Å². The predicted octanol–water partition coefficient (Wildman–Crippen LogP) is 3.89. The molecule has 1 aliphatic rings. The van der Waals surface area contributed by atoms with E-state index in [9.17, 15) is 0 Å². The highest BCUT2D eigenvalue weighted by Gasteiger charge is 2.33. The first-order chi connectivity index (χ1) is 9.78. The highest BCUT2D eigenvalue weighted by molar-refractivity contribution is 5.37. The summed E-state index contributed by atoms with van der Waals surface area (Å²) in [6, 6.07) is 13.1. The van der Waals surface area contributed by atoms with Crippen LogP contribution in [-0.2, 0) is 0 Å². The van der Waals surface area contributed by atoms with Gasteiger partial charge in [0.1, 0.15) is 11.5 Å². The first kappa shape index (κ1) is 13.3. The van der Waals surface area contributed by atoms with Gasteiger partial charge in [-0.2, -0.15) is 0 Å². The molecule has 1 heterocycles. The molecule has 1 aromatic heterocycles. The number of para-hydroxylation sites is 1. The number of rotatable bonds is 5. The Kier molecular flexibility index (Phi) is 3.79. The van der Waals surface area contributed by atoms with E-state index in [1.54, 1.807) is 13.4 Å². The summed E-state index contributed by atoms with van der Waals surface area (Å²) in [6.45, 7) is 2.15. The van der Waals surface area contributed by atoms with Crippen LogP contribution in [0.15, 0.2) is 47.1 Å². The lowest BCUT2D eigenvalue weighted by atomic mass is 9.75. The lowest BCUT2D eigenvalue weighted by Crippen LogP contribution is -2.41. The van der Waals surface area contributed by atoms with E-state index in [4.69, 9.17) is 9.15 Å². The minimum absolute atomic E-state index is 0.272. The van der Waals surface area contributed by atoms with Gasteiger partial charge in [-0.25, -0.2) is 0 Å². The maximum absolute atomic E-state index is 5.44. The smallest absolute Gasteiger partial charge is 0.122 e. The molecule has 1 saturated carbocycles. The summed E-state index contributed by atoms with van der Waals surface area (Å²) in [5.74, 6) is 2.62. The second-order valence-electron chi connectivity index (χ2n) is 5.51. The van der Waals surface area contributed by atoms with Gasteiger partial charge < -0.3 is 14.5 Å². The molecular weight excluding hydrogens is 250 g/mol. The topological polar surface area (TPSA) is 34.4 Å². The highest BCUT2D eigenvalue weighted by Crippen LogP contribution is 2.41. The Bertz CT molecular complexity index is 544. The van der Waals surface area contributed by atoms with E-state index in [0.29, 0.717) is 12.0 Å². The third-order valence-corrected chi connectivity index (χ3v) is 4.17. The molecule has 1 aromatic carbocycles. The van der Waals surface area contributed by atoms with Crippen LogP contribution >= 0.6 is 0 Å². The van der Waals surface area contributed by atoms with E-state index in [1.807, 2.05) is 24.3 Å². The average molecular weight is 271 g/mol. The molecule has 1 atom stereocenters. The summed E-state index contributed by atoms with van der Waals surface area (Å²) < 4.78 is 10.9. The van der Waals surface area contributed by atoms with Crippen LogP contribution in [0.25, 0.3) is 0 Å². The van der Waals surface area contributed by atoms with Crippen LogP contribution in [0.1, 0.15) is 43.0 Å². The maximum atomic E-state index is 5.44. The van der Waals surface area contributed by atoms with E-state index < -0.39 is 0 Å². The van der Waals surface area contributed by atoms with E-state index in [2.05, 4.69) is 24.4 Å². The highest BCUT2D eigenvalue weighted by atomic mass is 16.5. The molecule has 1 aliphatic carbocycles. The first-order valence-electron chi connectivity index (χ1n) is 7.20. The van der Waals surface area contributed by atoms with Gasteiger partial charge in [-0.05, 0) is 49.4 Å². The molecule has 0 aliphatic heterocycles. The van der Waals surface area contributed by atoms with Crippen molar-refractivity contribution in [3.05, 3.63) is 54.0 Å². The molecule has 1 fully saturated rings. The molecule has 106 valence electrons. The van der Waals surface area contributed by atoms with Crippen molar-refractivity contribution in [2.75, 3.05) is 7.11 Å². The van der Waals surface area contributed by atoms with Crippen LogP contribution in [0.2, 0.25) is 0 Å². The molecule has 0 spiro atoms. The fourth-order valence-corrected chi connectivity index (χ4v) is 2.98. The molecule has 3 rings (SSSR count). The van der Waals surface area contributed by atoms with Gasteiger partial charge in [0.05, 0.1) is 19.4 Å². The zero-order valence-electron chi connectivity index (χ0n) is 12.0. The quantitative estimate of drug-likeness (QED) is 0.896. The molecule has 3 heteroatoms. The Morgan fingerprint density at radius 2 is 2.00 bits per heavy atom. The van der Waals surface area contributed by atoms with E-state index >= 15 is 0 Å². The summed E-state index contributed by atoms with van der Waals surface area (Å²) in [4.78, 5) is 0. The van der Waals surface area contributed by atoms with Crippen LogP contribution in [0, 0.1) is 0 Å². The van der Waals surface area contributed by atoms with Crippen molar-refractivity contribution in [3.63, 3.8) is 0 Å². The minimum Gasteiger partial charge on any atom is -0.496 e. The zero-order chi connectivity index (χ0) is 13.9. The van der Waals surface area contributed by atoms with Crippen molar-refractivity contribution < 1.29 is 9.15 Å². The molecule has 0 bridgehead atoms. The minimum atomic E-state index is 0.272. The van der Waals surface area contributed by atoms with Crippen LogP contribution in [0.5, 0.6) is 5.75 Å². The molecule has 2 aromatic rings. The number of hydrogen-bond acceptors (Lipinski definition) is 3. The largest absolute Gasteiger partial charge is 0.496 e. The Balaban J connectivity index is 1.56. The molecule has 0 amide bonds. The summed E-state index contributed by atoms with van der Waals surface area (Å²) >= 11 is 0. The molecule has 1 unspecified atom stereocenters. The molecular formula is C17H21NO2. The van der Waals surface area contributed by atoms with E-state index in [0.717, 1.165) is 24.4 Å². The monoisotopic (exact) mass is 271 g/mol. The van der Waals surface area contributed by atoms with Gasteiger partial charge >= 0.3 is 0 Å². The number of ether oxygens (including phenoxy) is 1. The van der Waals surface area contributed by atoms with Crippen molar-refractivity contribution in [1.29, 1.82) is 0 Å². The number of benzene rings is 1. The fourth-order valence-electron chi connectivity index (χ4n) is 2.98. The summed E-state index contributed by atoms with van der Waals surface area (Å²) in [5.41, 5.74) is 1.33. The molecule has 0 saturated heterocycles. The van der Waals surface area contributed by atoms with Crippen LogP contribution in [-0.4, -0.2) is 13.2 Å². The summed E-state index contributed by atoms with van der Waals surface area (Å²) in [7, 11) is 1.74. The number of furan rings is 1. The van der Waals surface area contributed by atoms with Crippen LogP contribution < -0.4 is 10.1 Å². The van der Waals surface area contributed by atoms with Crippen molar-refractivity contribution in [3.8, 4) is 5.75 Å². The standard InChI is InChI=1S/C17H21NO2/c1-12(16-8-5-9-20-16)18-14-10-13(11-14)15-6-3-4-7-17(15)19-2/h3-9,12-14,18H,10-11H2,1-2H3. The van der Waals surface area contributed by atoms with Gasteiger partial charge in [0.15, 0.2) is 0 Å². The second kappa shape index (κ2) is 5.71. The maximum Gasteiger partial charge on any atom is 0.122 e.